The Labute approximate surface area is 149 Å². The van der Waals surface area contributed by atoms with Crippen molar-refractivity contribution in [3.05, 3.63) is 0 Å². The van der Waals surface area contributed by atoms with Crippen LogP contribution in [0, 0.1) is 40.9 Å². The fraction of sp³-hybridized carbons (Fsp3) is 1.00. The van der Waals surface area contributed by atoms with E-state index in [1.165, 1.54) is 51.4 Å². The zero-order valence-electron chi connectivity index (χ0n) is 16.4. The number of rotatable bonds is 3. The van der Waals surface area contributed by atoms with Crippen molar-refractivity contribution >= 4 is 0 Å². The van der Waals surface area contributed by atoms with Gasteiger partial charge >= 0.3 is 0 Å². The minimum absolute atomic E-state index is 0.280. The second kappa shape index (κ2) is 6.27. The highest BCUT2D eigenvalue weighted by molar-refractivity contribution is 5.06. The summed E-state index contributed by atoms with van der Waals surface area (Å²) in [7, 11) is 3.68. The average Bonchev–Trinajstić information content (AvgIpc) is 2.97. The lowest BCUT2D eigenvalue weighted by Gasteiger charge is -2.57. The van der Waals surface area contributed by atoms with Gasteiger partial charge in [0.2, 0.25) is 0 Å². The van der Waals surface area contributed by atoms with Crippen LogP contribution in [0.15, 0.2) is 0 Å². The zero-order valence-corrected chi connectivity index (χ0v) is 16.4. The Morgan fingerprint density at radius 1 is 0.833 bits per heavy atom. The SMILES string of the molecule is CC[C@H]1CC[C@H]2[C@@H]3CC[C@H]4CC(OC)(OC)CCC4[C@H]3CC[C@]12C. The number of hydrogen-bond donors (Lipinski definition) is 0. The summed E-state index contributed by atoms with van der Waals surface area (Å²) in [6, 6.07) is 0. The van der Waals surface area contributed by atoms with E-state index in [9.17, 15) is 0 Å². The summed E-state index contributed by atoms with van der Waals surface area (Å²) in [4.78, 5) is 0. The lowest BCUT2D eigenvalue weighted by molar-refractivity contribution is -0.247. The highest BCUT2D eigenvalue weighted by atomic mass is 16.7. The van der Waals surface area contributed by atoms with Crippen LogP contribution >= 0.6 is 0 Å². The maximum absolute atomic E-state index is 5.80. The Morgan fingerprint density at radius 2 is 1.58 bits per heavy atom. The Balaban J connectivity index is 1.52. The molecule has 0 radical (unpaired) electrons. The molecule has 7 atom stereocenters. The molecule has 2 nitrogen and oxygen atoms in total. The predicted octanol–water partition coefficient (Wildman–Crippen LogP) is 5.65. The van der Waals surface area contributed by atoms with E-state index >= 15 is 0 Å². The summed E-state index contributed by atoms with van der Waals surface area (Å²) >= 11 is 0. The topological polar surface area (TPSA) is 18.5 Å². The molecule has 0 saturated heterocycles. The van der Waals surface area contributed by atoms with Gasteiger partial charge in [0.1, 0.15) is 0 Å². The van der Waals surface area contributed by atoms with Crippen LogP contribution in [-0.4, -0.2) is 20.0 Å². The van der Waals surface area contributed by atoms with Gasteiger partial charge in [0.25, 0.3) is 0 Å². The molecule has 4 saturated carbocycles. The van der Waals surface area contributed by atoms with Gasteiger partial charge in [-0.3, -0.25) is 0 Å². The van der Waals surface area contributed by atoms with Crippen LogP contribution < -0.4 is 0 Å². The molecule has 0 bridgehead atoms. The van der Waals surface area contributed by atoms with Gasteiger partial charge in [0.15, 0.2) is 5.79 Å². The van der Waals surface area contributed by atoms with Crippen LogP contribution in [0.2, 0.25) is 0 Å². The third kappa shape index (κ3) is 2.42. The molecule has 138 valence electrons. The van der Waals surface area contributed by atoms with Gasteiger partial charge in [-0.2, -0.15) is 0 Å². The third-order valence-corrected chi connectivity index (χ3v) is 9.38. The predicted molar refractivity (Wildman–Crippen MR) is 97.6 cm³/mol. The number of hydrogen-bond acceptors (Lipinski definition) is 2. The third-order valence-electron chi connectivity index (χ3n) is 9.38. The molecule has 0 aromatic rings. The molecule has 24 heavy (non-hydrogen) atoms. The summed E-state index contributed by atoms with van der Waals surface area (Å²) in [6.45, 7) is 5.08. The van der Waals surface area contributed by atoms with Gasteiger partial charge in [0.05, 0.1) is 0 Å². The molecule has 2 heteroatoms. The molecule has 0 aromatic heterocycles. The molecule has 0 amide bonds. The van der Waals surface area contributed by atoms with Crippen LogP contribution in [0.25, 0.3) is 0 Å². The molecule has 1 unspecified atom stereocenters. The minimum Gasteiger partial charge on any atom is -0.353 e. The lowest BCUT2D eigenvalue weighted by Crippen LogP contribution is -2.51. The minimum atomic E-state index is -0.280. The van der Waals surface area contributed by atoms with Crippen LogP contribution in [-0.2, 0) is 9.47 Å². The van der Waals surface area contributed by atoms with E-state index in [0.717, 1.165) is 48.3 Å². The van der Waals surface area contributed by atoms with Crippen molar-refractivity contribution < 1.29 is 9.47 Å². The summed E-state index contributed by atoms with van der Waals surface area (Å²) in [6.07, 6.45) is 13.9. The van der Waals surface area contributed by atoms with Crippen molar-refractivity contribution in [3.8, 4) is 0 Å². The van der Waals surface area contributed by atoms with Gasteiger partial charge in [-0.25, -0.2) is 0 Å². The van der Waals surface area contributed by atoms with E-state index in [1.54, 1.807) is 0 Å². The van der Waals surface area contributed by atoms with Crippen molar-refractivity contribution in [2.75, 3.05) is 14.2 Å². The van der Waals surface area contributed by atoms with Gasteiger partial charge in [0, 0.05) is 27.1 Å². The van der Waals surface area contributed by atoms with Crippen molar-refractivity contribution in [1.82, 2.24) is 0 Å². The molecule has 0 N–H and O–H groups in total. The van der Waals surface area contributed by atoms with Gasteiger partial charge in [-0.15, -0.1) is 0 Å². The summed E-state index contributed by atoms with van der Waals surface area (Å²) in [5, 5.41) is 0. The summed E-state index contributed by atoms with van der Waals surface area (Å²) in [5.74, 6) is 5.57. The van der Waals surface area contributed by atoms with E-state index in [2.05, 4.69) is 13.8 Å². The molecule has 0 spiro atoms. The zero-order chi connectivity index (χ0) is 16.9. The molecule has 4 aliphatic carbocycles. The summed E-state index contributed by atoms with van der Waals surface area (Å²) in [5.41, 5.74) is 0.667. The first-order valence-corrected chi connectivity index (χ1v) is 10.7. The quantitative estimate of drug-likeness (QED) is 0.620. The van der Waals surface area contributed by atoms with Crippen LogP contribution in [0.5, 0.6) is 0 Å². The first kappa shape index (κ1) is 17.3. The Hall–Kier alpha value is -0.0800. The number of fused-ring (bicyclic) bond motifs is 5. The normalized spacial score (nSPS) is 50.0. The van der Waals surface area contributed by atoms with E-state index in [0.29, 0.717) is 5.41 Å². The standard InChI is InChI=1S/C22H38O2/c1-5-16-7-9-20-19-8-6-15-14-22(23-3,24-4)13-11-17(15)18(19)10-12-21(16,20)2/h15-20H,5-14H2,1-4H3/t15-,16-,17?,18+,19+,20-,21+/m0/s1. The van der Waals surface area contributed by atoms with Crippen LogP contribution in [0.4, 0.5) is 0 Å². The fourth-order valence-corrected chi connectivity index (χ4v) is 8.06. The number of ether oxygens (including phenoxy) is 2. The van der Waals surface area contributed by atoms with Gasteiger partial charge in [-0.05, 0) is 85.9 Å². The maximum Gasteiger partial charge on any atom is 0.167 e. The highest BCUT2D eigenvalue weighted by Gasteiger charge is 2.57. The van der Waals surface area contributed by atoms with Crippen molar-refractivity contribution in [1.29, 1.82) is 0 Å². The molecule has 0 aliphatic heterocycles. The van der Waals surface area contributed by atoms with E-state index in [-0.39, 0.29) is 5.79 Å². The van der Waals surface area contributed by atoms with E-state index in [4.69, 9.17) is 9.47 Å². The molecular formula is C22H38O2. The second-order valence-electron chi connectivity index (χ2n) is 9.72. The van der Waals surface area contributed by atoms with Crippen molar-refractivity contribution in [2.24, 2.45) is 40.9 Å². The molecule has 4 aliphatic rings. The van der Waals surface area contributed by atoms with E-state index in [1.807, 2.05) is 14.2 Å². The fourth-order valence-electron chi connectivity index (χ4n) is 8.06. The summed E-state index contributed by atoms with van der Waals surface area (Å²) < 4.78 is 11.6. The maximum atomic E-state index is 5.80. The van der Waals surface area contributed by atoms with Gasteiger partial charge in [-0.1, -0.05) is 20.3 Å². The smallest absolute Gasteiger partial charge is 0.167 e. The van der Waals surface area contributed by atoms with Crippen LogP contribution in [0.3, 0.4) is 0 Å². The Bertz CT molecular complexity index is 457. The molecule has 0 aromatic carbocycles. The van der Waals surface area contributed by atoms with Crippen molar-refractivity contribution in [3.63, 3.8) is 0 Å². The Morgan fingerprint density at radius 3 is 2.29 bits per heavy atom. The number of methoxy groups -OCH3 is 2. The molecular weight excluding hydrogens is 296 g/mol. The first-order chi connectivity index (χ1) is 11.6. The van der Waals surface area contributed by atoms with Crippen molar-refractivity contribution in [2.45, 2.75) is 83.8 Å². The largest absolute Gasteiger partial charge is 0.353 e. The average molecular weight is 335 g/mol. The molecule has 0 heterocycles. The first-order valence-electron chi connectivity index (χ1n) is 10.7. The van der Waals surface area contributed by atoms with Crippen LogP contribution in [0.1, 0.15) is 78.1 Å². The van der Waals surface area contributed by atoms with Gasteiger partial charge < -0.3 is 9.47 Å². The molecule has 4 fully saturated rings. The lowest BCUT2D eigenvalue weighted by atomic mass is 9.49. The Kier molecular flexibility index (Phi) is 4.53. The highest BCUT2D eigenvalue weighted by Crippen LogP contribution is 2.65. The van der Waals surface area contributed by atoms with E-state index < -0.39 is 0 Å². The second-order valence-corrected chi connectivity index (χ2v) is 9.72. The monoisotopic (exact) mass is 334 g/mol. The molecule has 4 rings (SSSR count).